The van der Waals surface area contributed by atoms with Crippen LogP contribution < -0.4 is 5.73 Å². The molecular formula is C11H20N2O2S. The van der Waals surface area contributed by atoms with Gasteiger partial charge in [0.1, 0.15) is 6.61 Å². The molecule has 5 heteroatoms. The Balaban J connectivity index is 2.42. The lowest BCUT2D eigenvalue weighted by Crippen LogP contribution is -2.47. The van der Waals surface area contributed by atoms with Crippen LogP contribution in [0.15, 0.2) is 0 Å². The first-order valence-corrected chi connectivity index (χ1v) is 6.06. The predicted molar refractivity (Wildman–Crippen MR) is 67.2 cm³/mol. The van der Waals surface area contributed by atoms with Crippen LogP contribution in [0.25, 0.3) is 0 Å². The van der Waals surface area contributed by atoms with Gasteiger partial charge < -0.3 is 15.4 Å². The Bertz CT molecular complexity index is 273. The number of carbonyl (C=O) groups excluding carboxylic acids is 1. The van der Waals surface area contributed by atoms with Crippen molar-refractivity contribution in [3.8, 4) is 0 Å². The molecule has 0 unspecified atom stereocenters. The molecule has 16 heavy (non-hydrogen) atoms. The van der Waals surface area contributed by atoms with Crippen LogP contribution in [0, 0.1) is 5.41 Å². The molecule has 0 spiro atoms. The number of nitrogens with two attached hydrogens (primary N) is 1. The Morgan fingerprint density at radius 3 is 2.50 bits per heavy atom. The first-order valence-electron chi connectivity index (χ1n) is 5.65. The highest BCUT2D eigenvalue weighted by Crippen LogP contribution is 2.31. The molecule has 0 aliphatic carbocycles. The third-order valence-corrected chi connectivity index (χ3v) is 3.74. The molecule has 0 saturated carbocycles. The van der Waals surface area contributed by atoms with Crippen molar-refractivity contribution in [2.24, 2.45) is 11.1 Å². The molecule has 1 aliphatic rings. The highest BCUT2D eigenvalue weighted by atomic mass is 32.1. The third kappa shape index (κ3) is 3.15. The van der Waals surface area contributed by atoms with Crippen LogP contribution in [0.2, 0.25) is 0 Å². The average Bonchev–Trinajstić information content (AvgIpc) is 2.26. The Labute approximate surface area is 102 Å². The average molecular weight is 244 g/mol. The van der Waals surface area contributed by atoms with E-state index >= 15 is 0 Å². The number of hydrogen-bond donors (Lipinski definition) is 1. The van der Waals surface area contributed by atoms with E-state index in [0.29, 0.717) is 11.6 Å². The molecule has 1 aliphatic heterocycles. The summed E-state index contributed by atoms with van der Waals surface area (Å²) in [5.74, 6) is 0.0619. The summed E-state index contributed by atoms with van der Waals surface area (Å²) in [5.41, 5.74) is 5.62. The van der Waals surface area contributed by atoms with Crippen molar-refractivity contribution in [3.05, 3.63) is 0 Å². The van der Waals surface area contributed by atoms with E-state index in [1.54, 1.807) is 0 Å². The van der Waals surface area contributed by atoms with Crippen LogP contribution in [-0.4, -0.2) is 42.1 Å². The van der Waals surface area contributed by atoms with Gasteiger partial charge in [0, 0.05) is 25.1 Å². The highest BCUT2D eigenvalue weighted by molar-refractivity contribution is 7.80. The fourth-order valence-electron chi connectivity index (χ4n) is 1.78. The van der Waals surface area contributed by atoms with E-state index in [0.717, 1.165) is 25.9 Å². The largest absolute Gasteiger partial charge is 0.393 e. The molecule has 0 aromatic rings. The summed E-state index contributed by atoms with van der Waals surface area (Å²) >= 11 is 5.05. The summed E-state index contributed by atoms with van der Waals surface area (Å²) < 4.78 is 5.11. The van der Waals surface area contributed by atoms with E-state index in [-0.39, 0.29) is 17.9 Å². The maximum Gasteiger partial charge on any atom is 0.248 e. The second-order valence-electron chi connectivity index (χ2n) is 4.44. The summed E-state index contributed by atoms with van der Waals surface area (Å²) in [7, 11) is 0. The molecule has 0 atom stereocenters. The zero-order valence-corrected chi connectivity index (χ0v) is 10.8. The van der Waals surface area contributed by atoms with Gasteiger partial charge in [-0.25, -0.2) is 0 Å². The number of hydrogen-bond acceptors (Lipinski definition) is 3. The van der Waals surface area contributed by atoms with Gasteiger partial charge in [-0.15, -0.1) is 0 Å². The third-order valence-electron chi connectivity index (χ3n) is 3.24. The predicted octanol–water partition coefficient (Wildman–Crippen LogP) is 0.938. The second-order valence-corrected chi connectivity index (χ2v) is 4.88. The molecule has 2 N–H and O–H groups in total. The van der Waals surface area contributed by atoms with Gasteiger partial charge in [0.05, 0.1) is 4.99 Å². The van der Waals surface area contributed by atoms with Gasteiger partial charge in [-0.1, -0.05) is 19.1 Å². The van der Waals surface area contributed by atoms with Crippen molar-refractivity contribution in [2.45, 2.75) is 26.7 Å². The lowest BCUT2D eigenvalue weighted by Gasteiger charge is -2.38. The molecule has 0 aromatic carbocycles. The van der Waals surface area contributed by atoms with Gasteiger partial charge >= 0.3 is 0 Å². The molecule has 4 nitrogen and oxygen atoms in total. The number of piperidine rings is 1. The normalized spacial score (nSPS) is 19.5. The van der Waals surface area contributed by atoms with Crippen molar-refractivity contribution in [1.82, 2.24) is 4.90 Å². The molecule has 0 radical (unpaired) electrons. The topological polar surface area (TPSA) is 55.6 Å². The molecule has 0 aromatic heterocycles. The molecule has 92 valence electrons. The van der Waals surface area contributed by atoms with E-state index < -0.39 is 0 Å². The zero-order chi connectivity index (χ0) is 12.2. The monoisotopic (exact) mass is 244 g/mol. The summed E-state index contributed by atoms with van der Waals surface area (Å²) in [6, 6.07) is 0. The van der Waals surface area contributed by atoms with Crippen LogP contribution in [0.3, 0.4) is 0 Å². The Morgan fingerprint density at radius 2 is 2.06 bits per heavy atom. The van der Waals surface area contributed by atoms with E-state index in [1.807, 2.05) is 11.8 Å². The lowest BCUT2D eigenvalue weighted by atomic mass is 9.80. The van der Waals surface area contributed by atoms with E-state index in [1.165, 1.54) is 0 Å². The maximum absolute atomic E-state index is 11.7. The summed E-state index contributed by atoms with van der Waals surface area (Å²) in [6.45, 7) is 6.15. The number of thiocarbonyl (C=S) groups is 1. The van der Waals surface area contributed by atoms with Crippen molar-refractivity contribution in [3.63, 3.8) is 0 Å². The number of nitrogens with zero attached hydrogens (tertiary/aromatic N) is 1. The van der Waals surface area contributed by atoms with Crippen molar-refractivity contribution < 1.29 is 9.53 Å². The minimum absolute atomic E-state index is 0.0619. The Hall–Kier alpha value is -0.680. The zero-order valence-electron chi connectivity index (χ0n) is 9.99. The molecule has 0 bridgehead atoms. The number of rotatable bonds is 4. The van der Waals surface area contributed by atoms with E-state index in [4.69, 9.17) is 22.7 Å². The number of likely N-dealkylation sites (tertiary alicyclic amines) is 1. The van der Waals surface area contributed by atoms with Gasteiger partial charge in [-0.2, -0.15) is 0 Å². The molecule has 1 rings (SSSR count). The quantitative estimate of drug-likeness (QED) is 0.748. The first-order chi connectivity index (χ1) is 7.49. The van der Waals surface area contributed by atoms with E-state index in [9.17, 15) is 4.79 Å². The number of ether oxygens (including phenoxy) is 1. The van der Waals surface area contributed by atoms with Crippen molar-refractivity contribution in [1.29, 1.82) is 0 Å². The first kappa shape index (κ1) is 13.4. The second kappa shape index (κ2) is 5.59. The van der Waals surface area contributed by atoms with Gasteiger partial charge in [0.25, 0.3) is 0 Å². The van der Waals surface area contributed by atoms with E-state index in [2.05, 4.69) is 6.92 Å². The molecule has 1 saturated heterocycles. The highest BCUT2D eigenvalue weighted by Gasteiger charge is 2.33. The lowest BCUT2D eigenvalue weighted by molar-refractivity contribution is -0.137. The Kier molecular flexibility index (Phi) is 4.68. The number of amides is 1. The molecule has 1 heterocycles. The van der Waals surface area contributed by atoms with Gasteiger partial charge in [0.15, 0.2) is 0 Å². The van der Waals surface area contributed by atoms with Crippen molar-refractivity contribution >= 4 is 23.1 Å². The SMILES string of the molecule is CCOCC(=O)N1CCC(C)(C(N)=S)CC1. The van der Waals surface area contributed by atoms with Crippen LogP contribution >= 0.6 is 12.2 Å². The minimum Gasteiger partial charge on any atom is -0.393 e. The van der Waals surface area contributed by atoms with Crippen LogP contribution in [0.1, 0.15) is 26.7 Å². The summed E-state index contributed by atoms with van der Waals surface area (Å²) in [6.07, 6.45) is 1.69. The van der Waals surface area contributed by atoms with Crippen LogP contribution in [0.5, 0.6) is 0 Å². The van der Waals surface area contributed by atoms with Gasteiger partial charge in [-0.05, 0) is 19.8 Å². The smallest absolute Gasteiger partial charge is 0.248 e. The maximum atomic E-state index is 11.7. The summed E-state index contributed by atoms with van der Waals surface area (Å²) in [5, 5.41) is 0. The molecule has 1 amide bonds. The minimum atomic E-state index is -0.0856. The number of carbonyl (C=O) groups is 1. The van der Waals surface area contributed by atoms with Crippen LogP contribution in [-0.2, 0) is 9.53 Å². The standard InChI is InChI=1S/C11H20N2O2S/c1-3-15-8-9(14)13-6-4-11(2,5-7-13)10(12)16/h3-8H2,1-2H3,(H2,12,16). The molecule has 1 fully saturated rings. The Morgan fingerprint density at radius 1 is 1.50 bits per heavy atom. The molecular weight excluding hydrogens is 224 g/mol. The summed E-state index contributed by atoms with van der Waals surface area (Å²) in [4.78, 5) is 14.1. The van der Waals surface area contributed by atoms with Crippen LogP contribution in [0.4, 0.5) is 0 Å². The van der Waals surface area contributed by atoms with Gasteiger partial charge in [0.2, 0.25) is 5.91 Å². The fraction of sp³-hybridized carbons (Fsp3) is 0.818. The fourth-order valence-corrected chi connectivity index (χ4v) is 1.98. The van der Waals surface area contributed by atoms with Crippen molar-refractivity contribution in [2.75, 3.05) is 26.3 Å². The van der Waals surface area contributed by atoms with Gasteiger partial charge in [-0.3, -0.25) is 4.79 Å².